The Hall–Kier alpha value is -1.25. The molecule has 0 bridgehead atoms. The highest BCUT2D eigenvalue weighted by Gasteiger charge is 2.26. The van der Waals surface area contributed by atoms with E-state index in [1.165, 1.54) is 250 Å². The summed E-state index contributed by atoms with van der Waals surface area (Å²) in [5.74, 6) is -0.807. The second kappa shape index (κ2) is 55.1. The van der Waals surface area contributed by atoms with Gasteiger partial charge in [-0.1, -0.05) is 276 Å². The van der Waals surface area contributed by atoms with Crippen LogP contribution < -0.4 is 5.73 Å². The Morgan fingerprint density at radius 1 is 0.426 bits per heavy atom. The van der Waals surface area contributed by atoms with Crippen molar-refractivity contribution in [3.05, 3.63) is 12.2 Å². The highest BCUT2D eigenvalue weighted by molar-refractivity contribution is 7.47. The number of ether oxygens (including phenoxy) is 2. The van der Waals surface area contributed by atoms with E-state index in [1.54, 1.807) is 0 Å². The van der Waals surface area contributed by atoms with Gasteiger partial charge in [0.25, 0.3) is 0 Å². The number of allylic oxidation sites excluding steroid dienone is 2. The van der Waals surface area contributed by atoms with E-state index in [0.717, 1.165) is 32.1 Å². The molecule has 0 aliphatic carbocycles. The summed E-state index contributed by atoms with van der Waals surface area (Å²) in [5.41, 5.74) is 5.38. The van der Waals surface area contributed by atoms with Gasteiger partial charge < -0.3 is 20.1 Å². The van der Waals surface area contributed by atoms with Gasteiger partial charge in [0.1, 0.15) is 6.61 Å². The molecule has 404 valence electrons. The Balaban J connectivity index is 3.80. The predicted octanol–water partition coefficient (Wildman–Crippen LogP) is 18.5. The molecule has 0 saturated carbocycles. The number of nitrogens with two attached hydrogens (primary N) is 1. The molecular weight excluding hydrogens is 870 g/mol. The third-order valence-electron chi connectivity index (χ3n) is 13.4. The summed E-state index contributed by atoms with van der Waals surface area (Å²) < 4.78 is 33.0. The van der Waals surface area contributed by atoms with E-state index in [2.05, 4.69) is 26.0 Å². The molecule has 10 heteroatoms. The fraction of sp³-hybridized carbons (Fsp3) is 0.931. The molecule has 0 aliphatic heterocycles. The Morgan fingerprint density at radius 3 is 1.04 bits per heavy atom. The zero-order chi connectivity index (χ0) is 49.5. The molecule has 0 radical (unpaired) electrons. The molecule has 0 aromatic carbocycles. The fourth-order valence-electron chi connectivity index (χ4n) is 8.99. The second-order valence-corrected chi connectivity index (χ2v) is 21.7. The van der Waals surface area contributed by atoms with Crippen LogP contribution in [0.25, 0.3) is 0 Å². The summed E-state index contributed by atoms with van der Waals surface area (Å²) in [6.07, 6.45) is 62.9. The number of phosphoric ester groups is 1. The van der Waals surface area contributed by atoms with E-state index < -0.39 is 26.5 Å². The van der Waals surface area contributed by atoms with Crippen molar-refractivity contribution in [2.45, 2.75) is 322 Å². The smallest absolute Gasteiger partial charge is 0.462 e. The lowest BCUT2D eigenvalue weighted by atomic mass is 10.0. The van der Waals surface area contributed by atoms with E-state index in [1.807, 2.05) is 0 Å². The van der Waals surface area contributed by atoms with Crippen LogP contribution in [0.2, 0.25) is 0 Å². The molecule has 0 aliphatic rings. The number of phosphoric acid groups is 1. The third kappa shape index (κ3) is 54.1. The minimum absolute atomic E-state index is 0.0576. The van der Waals surface area contributed by atoms with Gasteiger partial charge in [0.2, 0.25) is 0 Å². The molecule has 2 unspecified atom stereocenters. The molecule has 0 aromatic rings. The van der Waals surface area contributed by atoms with Crippen molar-refractivity contribution in [3.63, 3.8) is 0 Å². The fourth-order valence-corrected chi connectivity index (χ4v) is 9.75. The van der Waals surface area contributed by atoms with E-state index >= 15 is 0 Å². The van der Waals surface area contributed by atoms with Gasteiger partial charge in [-0.3, -0.25) is 18.6 Å². The van der Waals surface area contributed by atoms with Crippen molar-refractivity contribution in [3.8, 4) is 0 Å². The maximum absolute atomic E-state index is 12.7. The first-order valence-corrected chi connectivity index (χ1v) is 31.2. The minimum atomic E-state index is -4.38. The van der Waals surface area contributed by atoms with Gasteiger partial charge in [-0.05, 0) is 38.5 Å². The number of carbonyl (C=O) groups excluding carboxylic acids is 2. The number of hydrogen-bond donors (Lipinski definition) is 2. The number of unbranched alkanes of at least 4 members (excludes halogenated alkanes) is 42. The predicted molar refractivity (Wildman–Crippen MR) is 289 cm³/mol. The van der Waals surface area contributed by atoms with Gasteiger partial charge in [0.15, 0.2) is 6.10 Å². The zero-order valence-corrected chi connectivity index (χ0v) is 46.0. The van der Waals surface area contributed by atoms with Crippen LogP contribution in [0.5, 0.6) is 0 Å². The van der Waals surface area contributed by atoms with Crippen LogP contribution in [0, 0.1) is 0 Å². The SMILES string of the molecule is CCCCCCCCCC/C=C\CCCCCCCCCCCCCCCCCCCCCCCC(=O)OC(COC(=O)CCCCCCCCCCCCCCCC)COP(=O)(O)OCCN. The molecule has 0 heterocycles. The third-order valence-corrected chi connectivity index (χ3v) is 14.4. The largest absolute Gasteiger partial charge is 0.472 e. The van der Waals surface area contributed by atoms with Crippen LogP contribution in [0.3, 0.4) is 0 Å². The van der Waals surface area contributed by atoms with Crippen LogP contribution in [0.4, 0.5) is 0 Å². The molecule has 2 atom stereocenters. The summed E-state index contributed by atoms with van der Waals surface area (Å²) in [7, 11) is -4.38. The van der Waals surface area contributed by atoms with E-state index in [-0.39, 0.29) is 38.6 Å². The van der Waals surface area contributed by atoms with Crippen molar-refractivity contribution < 1.29 is 37.6 Å². The Morgan fingerprint density at radius 2 is 0.721 bits per heavy atom. The Labute approximate surface area is 421 Å². The molecule has 0 saturated heterocycles. The standard InChI is InChI=1S/C58H114NO8P/c1-3-5-7-9-11-13-15-17-19-20-21-22-23-24-25-26-27-28-29-30-31-32-33-34-35-36-37-39-41-43-45-47-49-51-58(61)67-56(55-66-68(62,63)65-53-52-59)54-64-57(60)50-48-46-44-42-40-38-18-16-14-12-10-8-6-4-2/h20-21,56H,3-19,22-55,59H2,1-2H3,(H,62,63)/b21-20-. The van der Waals surface area contributed by atoms with Gasteiger partial charge in [-0.2, -0.15) is 0 Å². The van der Waals surface area contributed by atoms with Crippen molar-refractivity contribution in [2.24, 2.45) is 5.73 Å². The molecule has 0 amide bonds. The van der Waals surface area contributed by atoms with Gasteiger partial charge >= 0.3 is 19.8 Å². The molecule has 0 rings (SSSR count). The lowest BCUT2D eigenvalue weighted by Crippen LogP contribution is -2.29. The molecule has 68 heavy (non-hydrogen) atoms. The van der Waals surface area contributed by atoms with Crippen LogP contribution in [-0.4, -0.2) is 49.3 Å². The van der Waals surface area contributed by atoms with Crippen LogP contribution in [0.15, 0.2) is 12.2 Å². The van der Waals surface area contributed by atoms with Gasteiger partial charge in [-0.15, -0.1) is 0 Å². The molecule has 0 aromatic heterocycles. The molecule has 0 fully saturated rings. The van der Waals surface area contributed by atoms with Crippen molar-refractivity contribution in [1.29, 1.82) is 0 Å². The number of carbonyl (C=O) groups is 2. The van der Waals surface area contributed by atoms with E-state index in [9.17, 15) is 19.0 Å². The number of esters is 2. The summed E-state index contributed by atoms with van der Waals surface area (Å²) in [5, 5.41) is 0. The van der Waals surface area contributed by atoms with Crippen molar-refractivity contribution in [1.82, 2.24) is 0 Å². The second-order valence-electron chi connectivity index (χ2n) is 20.2. The van der Waals surface area contributed by atoms with Crippen LogP contribution in [-0.2, 0) is 32.7 Å². The minimum Gasteiger partial charge on any atom is -0.462 e. The first-order valence-electron chi connectivity index (χ1n) is 29.7. The van der Waals surface area contributed by atoms with Gasteiger partial charge in [-0.25, -0.2) is 4.57 Å². The number of rotatable bonds is 57. The first kappa shape index (κ1) is 66.8. The molecular formula is C58H114NO8P. The van der Waals surface area contributed by atoms with Crippen LogP contribution >= 0.6 is 7.82 Å². The molecule has 0 spiro atoms. The monoisotopic (exact) mass is 984 g/mol. The average molecular weight is 985 g/mol. The van der Waals surface area contributed by atoms with Gasteiger partial charge in [0, 0.05) is 19.4 Å². The molecule has 3 N–H and O–H groups in total. The maximum atomic E-state index is 12.7. The molecule has 9 nitrogen and oxygen atoms in total. The summed E-state index contributed by atoms with van der Waals surface area (Å²) in [6, 6.07) is 0. The van der Waals surface area contributed by atoms with Crippen molar-refractivity contribution >= 4 is 19.8 Å². The summed E-state index contributed by atoms with van der Waals surface area (Å²) in [4.78, 5) is 35.1. The number of hydrogen-bond acceptors (Lipinski definition) is 8. The average Bonchev–Trinajstić information content (AvgIpc) is 3.33. The maximum Gasteiger partial charge on any atom is 0.472 e. The normalized spacial score (nSPS) is 13.1. The zero-order valence-electron chi connectivity index (χ0n) is 45.1. The van der Waals surface area contributed by atoms with E-state index in [4.69, 9.17) is 24.3 Å². The lowest BCUT2D eigenvalue weighted by Gasteiger charge is -2.19. The van der Waals surface area contributed by atoms with Gasteiger partial charge in [0.05, 0.1) is 13.2 Å². The Bertz CT molecular complexity index is 1120. The Kier molecular flexibility index (Phi) is 54.1. The first-order chi connectivity index (χ1) is 33.3. The topological polar surface area (TPSA) is 134 Å². The summed E-state index contributed by atoms with van der Waals surface area (Å²) >= 11 is 0. The lowest BCUT2D eigenvalue weighted by molar-refractivity contribution is -0.161. The van der Waals surface area contributed by atoms with Crippen LogP contribution in [0.1, 0.15) is 316 Å². The summed E-state index contributed by atoms with van der Waals surface area (Å²) in [6.45, 7) is 3.80. The highest BCUT2D eigenvalue weighted by atomic mass is 31.2. The highest BCUT2D eigenvalue weighted by Crippen LogP contribution is 2.43. The quantitative estimate of drug-likeness (QED) is 0.0264. The van der Waals surface area contributed by atoms with Crippen molar-refractivity contribution in [2.75, 3.05) is 26.4 Å². The van der Waals surface area contributed by atoms with E-state index in [0.29, 0.717) is 6.42 Å².